The molecule has 0 bridgehead atoms. The number of benzene rings is 1. The molecule has 1 aliphatic heterocycles. The molecular weight excluding hydrogens is 262 g/mol. The van der Waals surface area contributed by atoms with Gasteiger partial charge in [-0.15, -0.1) is 0 Å². The Hall–Kier alpha value is -1.61. The smallest absolute Gasteiger partial charge is 0.246 e. The third-order valence-corrected chi connectivity index (χ3v) is 4.41. The summed E-state index contributed by atoms with van der Waals surface area (Å²) in [6.07, 6.45) is 5.30. The summed E-state index contributed by atoms with van der Waals surface area (Å²) in [5.41, 5.74) is 3.95. The molecule has 0 aromatic heterocycles. The van der Waals surface area contributed by atoms with E-state index in [4.69, 9.17) is 5.11 Å². The molecule has 3 heteroatoms. The van der Waals surface area contributed by atoms with Gasteiger partial charge in [0, 0.05) is 19.7 Å². The van der Waals surface area contributed by atoms with E-state index in [1.165, 1.54) is 22.8 Å². The van der Waals surface area contributed by atoms with Crippen molar-refractivity contribution < 1.29 is 9.90 Å². The Balaban J connectivity index is 2.07. The van der Waals surface area contributed by atoms with Crippen molar-refractivity contribution in [1.29, 1.82) is 0 Å². The van der Waals surface area contributed by atoms with E-state index in [0.29, 0.717) is 12.5 Å². The maximum atomic E-state index is 11.7. The molecule has 1 aliphatic rings. The van der Waals surface area contributed by atoms with E-state index in [1.807, 2.05) is 4.90 Å². The van der Waals surface area contributed by atoms with Crippen molar-refractivity contribution in [3.8, 4) is 0 Å². The molecule has 1 aromatic carbocycles. The second-order valence-electron chi connectivity index (χ2n) is 5.81. The fourth-order valence-corrected chi connectivity index (χ4v) is 3.02. The van der Waals surface area contributed by atoms with E-state index in [1.54, 1.807) is 0 Å². The Morgan fingerprint density at radius 2 is 2.29 bits per heavy atom. The number of carbonyl (C=O) groups excluding carboxylic acids is 1. The van der Waals surface area contributed by atoms with Gasteiger partial charge in [-0.2, -0.15) is 0 Å². The summed E-state index contributed by atoms with van der Waals surface area (Å²) in [5.74, 6) is 0.564. The number of amides is 1. The van der Waals surface area contributed by atoms with Gasteiger partial charge in [-0.25, -0.2) is 0 Å². The average molecular weight is 287 g/mol. The van der Waals surface area contributed by atoms with Gasteiger partial charge in [-0.3, -0.25) is 4.79 Å². The predicted octanol–water partition coefficient (Wildman–Crippen LogP) is 2.71. The number of carbonyl (C=O) groups is 1. The quantitative estimate of drug-likeness (QED) is 0.817. The third kappa shape index (κ3) is 3.94. The van der Waals surface area contributed by atoms with Crippen LogP contribution in [0.1, 0.15) is 36.5 Å². The molecule has 2 rings (SSSR count). The minimum Gasteiger partial charge on any atom is -0.396 e. The Kier molecular flexibility index (Phi) is 5.57. The molecule has 1 unspecified atom stereocenters. The zero-order valence-electron chi connectivity index (χ0n) is 12.8. The summed E-state index contributed by atoms with van der Waals surface area (Å²) >= 11 is 0. The van der Waals surface area contributed by atoms with Gasteiger partial charge in [0.15, 0.2) is 0 Å². The van der Waals surface area contributed by atoms with Crippen LogP contribution < -0.4 is 0 Å². The van der Waals surface area contributed by atoms with Gasteiger partial charge in [-0.05, 0) is 47.9 Å². The topological polar surface area (TPSA) is 40.5 Å². The molecule has 3 nitrogen and oxygen atoms in total. The van der Waals surface area contributed by atoms with Crippen LogP contribution >= 0.6 is 0 Å². The van der Waals surface area contributed by atoms with E-state index in [0.717, 1.165) is 32.2 Å². The van der Waals surface area contributed by atoms with Crippen LogP contribution in [0.5, 0.6) is 0 Å². The van der Waals surface area contributed by atoms with Crippen LogP contribution in [0.25, 0.3) is 0 Å². The Labute approximate surface area is 127 Å². The largest absolute Gasteiger partial charge is 0.396 e. The number of rotatable bonds is 6. The fourth-order valence-electron chi connectivity index (χ4n) is 3.02. The molecule has 1 heterocycles. The van der Waals surface area contributed by atoms with Crippen molar-refractivity contribution >= 4 is 5.91 Å². The molecular formula is C18H25NO2. The molecule has 1 amide bonds. The van der Waals surface area contributed by atoms with E-state index < -0.39 is 0 Å². The number of hydrogen-bond donors (Lipinski definition) is 1. The summed E-state index contributed by atoms with van der Waals surface area (Å²) in [6.45, 7) is 7.46. The van der Waals surface area contributed by atoms with Crippen molar-refractivity contribution in [1.82, 2.24) is 4.90 Å². The lowest BCUT2D eigenvalue weighted by Gasteiger charge is -2.28. The van der Waals surface area contributed by atoms with Crippen molar-refractivity contribution in [3.05, 3.63) is 47.5 Å². The highest BCUT2D eigenvalue weighted by Crippen LogP contribution is 2.23. The first-order valence-corrected chi connectivity index (χ1v) is 7.80. The Morgan fingerprint density at radius 3 is 2.95 bits per heavy atom. The van der Waals surface area contributed by atoms with Crippen LogP contribution in [0.15, 0.2) is 30.9 Å². The van der Waals surface area contributed by atoms with Crippen molar-refractivity contribution in [2.75, 3.05) is 13.2 Å². The number of hydrogen-bond acceptors (Lipinski definition) is 2. The fraction of sp³-hybridized carbons (Fsp3) is 0.500. The normalized spacial score (nSPS) is 15.4. The minimum absolute atomic E-state index is 0.0127. The summed E-state index contributed by atoms with van der Waals surface area (Å²) in [4.78, 5) is 13.5. The summed E-state index contributed by atoms with van der Waals surface area (Å²) in [6, 6.07) is 6.60. The van der Waals surface area contributed by atoms with Gasteiger partial charge < -0.3 is 10.0 Å². The molecule has 0 aliphatic carbocycles. The first kappa shape index (κ1) is 15.8. The Morgan fingerprint density at radius 1 is 1.48 bits per heavy atom. The van der Waals surface area contributed by atoms with Gasteiger partial charge >= 0.3 is 0 Å². The molecule has 0 fully saturated rings. The molecule has 0 spiro atoms. The second kappa shape index (κ2) is 7.41. The maximum Gasteiger partial charge on any atom is 0.246 e. The standard InChI is InChI=1S/C18H25NO2/c1-3-14(8-10-20)11-15-5-6-17-13-19(18(21)4-2)9-7-16(17)12-15/h4-6,12,14,20H,2-3,7-11,13H2,1H3. The molecule has 0 saturated carbocycles. The number of aliphatic hydroxyl groups excluding tert-OH is 1. The van der Waals surface area contributed by atoms with E-state index in [9.17, 15) is 4.79 Å². The molecule has 1 N–H and O–H groups in total. The first-order valence-electron chi connectivity index (χ1n) is 7.80. The summed E-state index contributed by atoms with van der Waals surface area (Å²) < 4.78 is 0. The highest BCUT2D eigenvalue weighted by Gasteiger charge is 2.19. The molecule has 0 radical (unpaired) electrons. The second-order valence-corrected chi connectivity index (χ2v) is 5.81. The lowest BCUT2D eigenvalue weighted by molar-refractivity contribution is -0.126. The highest BCUT2D eigenvalue weighted by atomic mass is 16.3. The lowest BCUT2D eigenvalue weighted by atomic mass is 9.90. The van der Waals surface area contributed by atoms with Crippen LogP contribution in [0, 0.1) is 5.92 Å². The van der Waals surface area contributed by atoms with Gasteiger partial charge in [-0.1, -0.05) is 38.1 Å². The van der Waals surface area contributed by atoms with Gasteiger partial charge in [0.2, 0.25) is 5.91 Å². The average Bonchev–Trinajstić information content (AvgIpc) is 2.53. The molecule has 1 atom stereocenters. The van der Waals surface area contributed by atoms with Crippen LogP contribution in [-0.2, 0) is 24.2 Å². The van der Waals surface area contributed by atoms with Gasteiger partial charge in [0.1, 0.15) is 0 Å². The first-order chi connectivity index (χ1) is 10.2. The number of nitrogens with zero attached hydrogens (tertiary/aromatic N) is 1. The molecule has 114 valence electrons. The van der Waals surface area contributed by atoms with Crippen LogP contribution in [-0.4, -0.2) is 29.1 Å². The lowest BCUT2D eigenvalue weighted by Crippen LogP contribution is -2.34. The van der Waals surface area contributed by atoms with Crippen molar-refractivity contribution in [2.24, 2.45) is 5.92 Å². The number of aliphatic hydroxyl groups is 1. The van der Waals surface area contributed by atoms with E-state index in [2.05, 4.69) is 31.7 Å². The molecule has 1 aromatic rings. The van der Waals surface area contributed by atoms with Crippen LogP contribution in [0.4, 0.5) is 0 Å². The van der Waals surface area contributed by atoms with Gasteiger partial charge in [0.25, 0.3) is 0 Å². The summed E-state index contributed by atoms with van der Waals surface area (Å²) in [7, 11) is 0. The molecule has 0 saturated heterocycles. The zero-order valence-corrected chi connectivity index (χ0v) is 12.8. The van der Waals surface area contributed by atoms with E-state index in [-0.39, 0.29) is 12.5 Å². The van der Waals surface area contributed by atoms with Crippen LogP contribution in [0.3, 0.4) is 0 Å². The molecule has 21 heavy (non-hydrogen) atoms. The highest BCUT2D eigenvalue weighted by molar-refractivity contribution is 5.87. The van der Waals surface area contributed by atoms with Crippen LogP contribution in [0.2, 0.25) is 0 Å². The minimum atomic E-state index is 0.0127. The van der Waals surface area contributed by atoms with Crippen molar-refractivity contribution in [3.63, 3.8) is 0 Å². The Bertz CT molecular complexity index is 510. The summed E-state index contributed by atoms with van der Waals surface area (Å²) in [5, 5.41) is 9.10. The third-order valence-electron chi connectivity index (χ3n) is 4.41. The predicted molar refractivity (Wildman–Crippen MR) is 84.9 cm³/mol. The van der Waals surface area contributed by atoms with E-state index >= 15 is 0 Å². The number of fused-ring (bicyclic) bond motifs is 1. The van der Waals surface area contributed by atoms with Gasteiger partial charge in [0.05, 0.1) is 0 Å². The SMILES string of the molecule is C=CC(=O)N1CCc2cc(CC(CC)CCO)ccc2C1. The monoisotopic (exact) mass is 287 g/mol. The zero-order chi connectivity index (χ0) is 15.2. The van der Waals surface area contributed by atoms with Crippen molar-refractivity contribution in [2.45, 2.75) is 39.2 Å². The maximum absolute atomic E-state index is 11.7.